The Kier molecular flexibility index (Phi) is 4.61. The molecule has 18 heavy (non-hydrogen) atoms. The number of nitrogens with zero attached hydrogens (tertiary/aromatic N) is 1. The lowest BCUT2D eigenvalue weighted by Gasteiger charge is -2.14. The zero-order chi connectivity index (χ0) is 13.0. The molecule has 0 aromatic carbocycles. The Morgan fingerprint density at radius 1 is 1.17 bits per heavy atom. The Hall–Kier alpha value is -1.06. The third kappa shape index (κ3) is 3.24. The van der Waals surface area contributed by atoms with Gasteiger partial charge in [-0.25, -0.2) is 0 Å². The summed E-state index contributed by atoms with van der Waals surface area (Å²) in [5, 5.41) is 2.95. The highest BCUT2D eigenvalue weighted by atomic mass is 16.2. The fraction of sp³-hybridized carbons (Fsp3) is 0.857. The van der Waals surface area contributed by atoms with Crippen LogP contribution < -0.4 is 5.32 Å². The van der Waals surface area contributed by atoms with Gasteiger partial charge in [0.15, 0.2) is 0 Å². The van der Waals surface area contributed by atoms with Crippen LogP contribution in [0.5, 0.6) is 0 Å². The van der Waals surface area contributed by atoms with Crippen LogP contribution in [0.25, 0.3) is 0 Å². The molecule has 0 aromatic rings. The van der Waals surface area contributed by atoms with Crippen molar-refractivity contribution >= 4 is 11.8 Å². The second-order valence-electron chi connectivity index (χ2n) is 5.48. The highest BCUT2D eigenvalue weighted by Crippen LogP contribution is 2.40. The summed E-state index contributed by atoms with van der Waals surface area (Å²) in [5.41, 5.74) is 0. The number of unbranched alkanes of at least 4 members (excludes halogenated alkanes) is 2. The van der Waals surface area contributed by atoms with Gasteiger partial charge in [0.05, 0.1) is 11.8 Å². The molecule has 2 atom stereocenters. The fourth-order valence-corrected chi connectivity index (χ4v) is 2.65. The van der Waals surface area contributed by atoms with Gasteiger partial charge < -0.3 is 10.2 Å². The molecular weight excluding hydrogens is 228 g/mol. The molecule has 4 nitrogen and oxygen atoms in total. The Morgan fingerprint density at radius 3 is 2.56 bits per heavy atom. The van der Waals surface area contributed by atoms with Crippen LogP contribution in [-0.2, 0) is 9.59 Å². The molecule has 2 fully saturated rings. The summed E-state index contributed by atoms with van der Waals surface area (Å²) < 4.78 is 0. The smallest absolute Gasteiger partial charge is 0.226 e. The number of likely N-dealkylation sites (tertiary alicyclic amines) is 1. The Bertz CT molecular complexity index is 311. The van der Waals surface area contributed by atoms with Crippen LogP contribution in [0.15, 0.2) is 0 Å². The quantitative estimate of drug-likeness (QED) is 0.729. The lowest BCUT2D eigenvalue weighted by Crippen LogP contribution is -2.32. The molecule has 0 bridgehead atoms. The van der Waals surface area contributed by atoms with E-state index in [9.17, 15) is 9.59 Å². The topological polar surface area (TPSA) is 49.4 Å². The van der Waals surface area contributed by atoms with E-state index < -0.39 is 0 Å². The monoisotopic (exact) mass is 252 g/mol. The molecule has 2 amide bonds. The summed E-state index contributed by atoms with van der Waals surface area (Å²) in [5.74, 6) is 0.235. The summed E-state index contributed by atoms with van der Waals surface area (Å²) in [6.45, 7) is 4.68. The van der Waals surface area contributed by atoms with E-state index in [-0.39, 0.29) is 23.7 Å². The molecule has 102 valence electrons. The van der Waals surface area contributed by atoms with Crippen LogP contribution in [0.4, 0.5) is 0 Å². The minimum Gasteiger partial charge on any atom is -0.356 e. The predicted molar refractivity (Wildman–Crippen MR) is 69.9 cm³/mol. The van der Waals surface area contributed by atoms with Gasteiger partial charge in [0.2, 0.25) is 11.8 Å². The Balaban J connectivity index is 1.66. The highest BCUT2D eigenvalue weighted by molar-refractivity contribution is 5.92. The van der Waals surface area contributed by atoms with Gasteiger partial charge >= 0.3 is 0 Å². The summed E-state index contributed by atoms with van der Waals surface area (Å²) in [6, 6.07) is 0. The van der Waals surface area contributed by atoms with Crippen LogP contribution >= 0.6 is 0 Å². The number of carbonyl (C=O) groups excluding carboxylic acids is 2. The third-order valence-electron chi connectivity index (χ3n) is 3.94. The second kappa shape index (κ2) is 6.21. The van der Waals surface area contributed by atoms with E-state index in [0.717, 1.165) is 58.2 Å². The number of hydrogen-bond acceptors (Lipinski definition) is 2. The molecule has 2 aliphatic rings. The van der Waals surface area contributed by atoms with Crippen molar-refractivity contribution in [2.75, 3.05) is 19.6 Å². The minimum absolute atomic E-state index is 0.0192. The van der Waals surface area contributed by atoms with Gasteiger partial charge in [0.1, 0.15) is 0 Å². The van der Waals surface area contributed by atoms with E-state index in [1.165, 1.54) is 0 Å². The van der Waals surface area contributed by atoms with Gasteiger partial charge in [-0.3, -0.25) is 9.59 Å². The number of rotatable bonds is 6. The van der Waals surface area contributed by atoms with Crippen molar-refractivity contribution in [3.8, 4) is 0 Å². The average Bonchev–Trinajstić information content (AvgIpc) is 2.99. The Labute approximate surface area is 109 Å². The van der Waals surface area contributed by atoms with Crippen LogP contribution in [0.3, 0.4) is 0 Å². The van der Waals surface area contributed by atoms with Crippen LogP contribution in [0.1, 0.15) is 45.4 Å². The molecule has 1 heterocycles. The molecule has 1 N–H and O–H groups in total. The van der Waals surface area contributed by atoms with Crippen molar-refractivity contribution in [2.24, 2.45) is 11.8 Å². The highest BCUT2D eigenvalue weighted by Gasteiger charge is 2.49. The van der Waals surface area contributed by atoms with Gasteiger partial charge in [0, 0.05) is 19.6 Å². The van der Waals surface area contributed by atoms with Gasteiger partial charge in [-0.05, 0) is 25.7 Å². The molecule has 1 saturated carbocycles. The standard InChI is InChI=1S/C14H24N2O2/c1-2-3-4-7-15-13(17)11-10-12(11)14(18)16-8-5-6-9-16/h11-12H,2-10H2,1H3,(H,15,17). The van der Waals surface area contributed by atoms with Crippen molar-refractivity contribution in [1.82, 2.24) is 10.2 Å². The maximum atomic E-state index is 12.0. The molecule has 4 heteroatoms. The fourth-order valence-electron chi connectivity index (χ4n) is 2.65. The van der Waals surface area contributed by atoms with E-state index in [4.69, 9.17) is 0 Å². The molecule has 2 unspecified atom stereocenters. The predicted octanol–water partition coefficient (Wildman–Crippen LogP) is 1.55. The lowest BCUT2D eigenvalue weighted by molar-refractivity contribution is -0.133. The van der Waals surface area contributed by atoms with Gasteiger partial charge in [0.25, 0.3) is 0 Å². The second-order valence-corrected chi connectivity index (χ2v) is 5.48. The van der Waals surface area contributed by atoms with Gasteiger partial charge in [-0.2, -0.15) is 0 Å². The summed E-state index contributed by atoms with van der Waals surface area (Å²) in [7, 11) is 0. The van der Waals surface area contributed by atoms with Crippen molar-refractivity contribution in [3.05, 3.63) is 0 Å². The van der Waals surface area contributed by atoms with Crippen molar-refractivity contribution < 1.29 is 9.59 Å². The summed E-state index contributed by atoms with van der Waals surface area (Å²) in [6.07, 6.45) is 6.35. The minimum atomic E-state index is -0.0419. The first-order valence-electron chi connectivity index (χ1n) is 7.30. The van der Waals surface area contributed by atoms with E-state index in [2.05, 4.69) is 12.2 Å². The zero-order valence-electron chi connectivity index (χ0n) is 11.3. The van der Waals surface area contributed by atoms with Crippen molar-refractivity contribution in [2.45, 2.75) is 45.4 Å². The lowest BCUT2D eigenvalue weighted by atomic mass is 10.2. The largest absolute Gasteiger partial charge is 0.356 e. The molecule has 2 rings (SSSR count). The van der Waals surface area contributed by atoms with E-state index in [0.29, 0.717) is 0 Å². The molecule has 1 aliphatic carbocycles. The van der Waals surface area contributed by atoms with E-state index in [1.807, 2.05) is 4.90 Å². The van der Waals surface area contributed by atoms with Crippen LogP contribution in [0.2, 0.25) is 0 Å². The Morgan fingerprint density at radius 2 is 1.89 bits per heavy atom. The first-order chi connectivity index (χ1) is 8.74. The molecule has 1 aliphatic heterocycles. The molecule has 1 saturated heterocycles. The molecule has 0 radical (unpaired) electrons. The summed E-state index contributed by atoms with van der Waals surface area (Å²) >= 11 is 0. The average molecular weight is 252 g/mol. The summed E-state index contributed by atoms with van der Waals surface area (Å²) in [4.78, 5) is 25.8. The van der Waals surface area contributed by atoms with Gasteiger partial charge in [-0.1, -0.05) is 19.8 Å². The SMILES string of the molecule is CCCCCNC(=O)C1CC1C(=O)N1CCCC1. The normalized spacial score (nSPS) is 26.2. The van der Waals surface area contributed by atoms with Crippen molar-refractivity contribution in [3.63, 3.8) is 0 Å². The number of hydrogen-bond donors (Lipinski definition) is 1. The molecule has 0 aromatic heterocycles. The molecular formula is C14H24N2O2. The van der Waals surface area contributed by atoms with Crippen LogP contribution in [0, 0.1) is 11.8 Å². The maximum Gasteiger partial charge on any atom is 0.226 e. The third-order valence-corrected chi connectivity index (χ3v) is 3.94. The van der Waals surface area contributed by atoms with E-state index >= 15 is 0 Å². The van der Waals surface area contributed by atoms with Crippen LogP contribution in [-0.4, -0.2) is 36.3 Å². The number of amides is 2. The number of carbonyl (C=O) groups is 2. The first-order valence-corrected chi connectivity index (χ1v) is 7.30. The maximum absolute atomic E-state index is 12.0. The zero-order valence-corrected chi connectivity index (χ0v) is 11.3. The number of nitrogens with one attached hydrogen (secondary N) is 1. The van der Waals surface area contributed by atoms with Gasteiger partial charge in [-0.15, -0.1) is 0 Å². The molecule has 0 spiro atoms. The first kappa shape index (κ1) is 13.4. The van der Waals surface area contributed by atoms with Crippen molar-refractivity contribution in [1.29, 1.82) is 0 Å². The van der Waals surface area contributed by atoms with E-state index in [1.54, 1.807) is 0 Å².